The van der Waals surface area contributed by atoms with Crippen LogP contribution >= 0.6 is 22.7 Å². The molecule has 0 aromatic carbocycles. The van der Waals surface area contributed by atoms with Gasteiger partial charge in [-0.05, 0) is 65.9 Å². The van der Waals surface area contributed by atoms with Crippen molar-refractivity contribution in [2.24, 2.45) is 0 Å². The molecule has 1 atom stereocenters. The van der Waals surface area contributed by atoms with E-state index in [1.165, 1.54) is 9.75 Å². The van der Waals surface area contributed by atoms with Crippen molar-refractivity contribution >= 4 is 22.7 Å². The standard InChI is InChI=1S/C21H18N2OS2/c1-14-6-8-22-16(11-14)17-12-15(7-9-23-17)13-18(24)19-4-5-21(26-19)20-3-2-10-25-20/h2-12,18,24H,13H2,1H3. The molecule has 0 spiro atoms. The smallest absolute Gasteiger partial charge is 0.0922 e. The average molecular weight is 379 g/mol. The van der Waals surface area contributed by atoms with Crippen molar-refractivity contribution in [2.45, 2.75) is 19.4 Å². The fraction of sp³-hybridized carbons (Fsp3) is 0.143. The van der Waals surface area contributed by atoms with Crippen molar-refractivity contribution < 1.29 is 5.11 Å². The summed E-state index contributed by atoms with van der Waals surface area (Å²) in [5.74, 6) is 0. The fourth-order valence-electron chi connectivity index (χ4n) is 2.82. The number of aliphatic hydroxyl groups excluding tert-OH is 1. The molecule has 130 valence electrons. The molecule has 1 N–H and O–H groups in total. The van der Waals surface area contributed by atoms with Gasteiger partial charge in [0.25, 0.3) is 0 Å². The van der Waals surface area contributed by atoms with Crippen LogP contribution in [0.25, 0.3) is 21.1 Å². The number of rotatable bonds is 5. The summed E-state index contributed by atoms with van der Waals surface area (Å²) in [6.07, 6.45) is 3.62. The van der Waals surface area contributed by atoms with Crippen LogP contribution < -0.4 is 0 Å². The van der Waals surface area contributed by atoms with Crippen molar-refractivity contribution in [3.05, 3.63) is 82.3 Å². The maximum absolute atomic E-state index is 10.7. The minimum atomic E-state index is -0.519. The number of aryl methyl sites for hydroxylation is 1. The Morgan fingerprint density at radius 2 is 1.77 bits per heavy atom. The number of hydrogen-bond acceptors (Lipinski definition) is 5. The van der Waals surface area contributed by atoms with Crippen LogP contribution in [0.2, 0.25) is 0 Å². The number of pyridine rings is 2. The summed E-state index contributed by atoms with van der Waals surface area (Å²) in [7, 11) is 0. The molecular weight excluding hydrogens is 360 g/mol. The Kier molecular flexibility index (Phi) is 4.93. The Hall–Kier alpha value is -2.34. The van der Waals surface area contributed by atoms with E-state index in [0.29, 0.717) is 6.42 Å². The Morgan fingerprint density at radius 3 is 2.54 bits per heavy atom. The zero-order valence-electron chi connectivity index (χ0n) is 14.3. The maximum atomic E-state index is 10.7. The summed E-state index contributed by atoms with van der Waals surface area (Å²) < 4.78 is 0. The minimum Gasteiger partial charge on any atom is -0.387 e. The molecule has 0 bridgehead atoms. The Morgan fingerprint density at radius 1 is 0.962 bits per heavy atom. The van der Waals surface area contributed by atoms with Crippen LogP contribution in [-0.4, -0.2) is 15.1 Å². The van der Waals surface area contributed by atoms with Crippen LogP contribution in [0.3, 0.4) is 0 Å². The monoisotopic (exact) mass is 378 g/mol. The van der Waals surface area contributed by atoms with Gasteiger partial charge in [0.05, 0.1) is 17.5 Å². The van der Waals surface area contributed by atoms with E-state index >= 15 is 0 Å². The van der Waals surface area contributed by atoms with E-state index in [1.54, 1.807) is 35.1 Å². The van der Waals surface area contributed by atoms with Crippen molar-refractivity contribution in [3.63, 3.8) is 0 Å². The predicted molar refractivity (Wildman–Crippen MR) is 109 cm³/mol. The van der Waals surface area contributed by atoms with E-state index in [-0.39, 0.29) is 0 Å². The van der Waals surface area contributed by atoms with Crippen LogP contribution in [0.15, 0.2) is 66.3 Å². The lowest BCUT2D eigenvalue weighted by Gasteiger charge is -2.10. The summed E-state index contributed by atoms with van der Waals surface area (Å²) in [4.78, 5) is 12.3. The third-order valence-electron chi connectivity index (χ3n) is 4.15. The number of nitrogens with zero attached hydrogens (tertiary/aromatic N) is 2. The first-order chi connectivity index (χ1) is 12.7. The van der Waals surface area contributed by atoms with Gasteiger partial charge in [-0.1, -0.05) is 6.07 Å². The second-order valence-corrected chi connectivity index (χ2v) is 8.23. The largest absolute Gasteiger partial charge is 0.387 e. The molecular formula is C21H18N2OS2. The van der Waals surface area contributed by atoms with Gasteiger partial charge in [0, 0.05) is 33.4 Å². The number of aliphatic hydroxyl groups is 1. The first-order valence-corrected chi connectivity index (χ1v) is 10.1. The molecule has 0 radical (unpaired) electrons. The molecule has 1 unspecified atom stereocenters. The van der Waals surface area contributed by atoms with E-state index in [1.807, 2.05) is 43.3 Å². The van der Waals surface area contributed by atoms with E-state index in [2.05, 4.69) is 27.5 Å². The van der Waals surface area contributed by atoms with Crippen molar-refractivity contribution in [3.8, 4) is 21.1 Å². The lowest BCUT2D eigenvalue weighted by atomic mass is 10.1. The second-order valence-electron chi connectivity index (χ2n) is 6.17. The van der Waals surface area contributed by atoms with E-state index in [4.69, 9.17) is 0 Å². The molecule has 0 saturated carbocycles. The summed E-state index contributed by atoms with van der Waals surface area (Å²) in [6, 6.07) is 16.2. The highest BCUT2D eigenvalue weighted by molar-refractivity contribution is 7.21. The molecule has 5 heteroatoms. The van der Waals surface area contributed by atoms with Gasteiger partial charge in [0.1, 0.15) is 0 Å². The highest BCUT2D eigenvalue weighted by Gasteiger charge is 2.14. The van der Waals surface area contributed by atoms with Crippen molar-refractivity contribution in [2.75, 3.05) is 0 Å². The molecule has 0 fully saturated rings. The topological polar surface area (TPSA) is 46.0 Å². The molecule has 0 amide bonds. The molecule has 0 saturated heterocycles. The molecule has 4 heterocycles. The Bertz CT molecular complexity index is 1010. The summed E-state index contributed by atoms with van der Waals surface area (Å²) in [6.45, 7) is 2.04. The Balaban J connectivity index is 1.53. The SMILES string of the molecule is Cc1ccnc(-c2cc(CC(O)c3ccc(-c4cccs4)s3)ccn2)c1. The number of hydrogen-bond donors (Lipinski definition) is 1. The molecule has 0 aliphatic carbocycles. The third-order valence-corrected chi connectivity index (χ3v) is 6.40. The van der Waals surface area contributed by atoms with Gasteiger partial charge in [-0.2, -0.15) is 0 Å². The molecule has 0 aliphatic heterocycles. The van der Waals surface area contributed by atoms with Gasteiger partial charge in [-0.25, -0.2) is 0 Å². The van der Waals surface area contributed by atoms with Gasteiger partial charge < -0.3 is 5.11 Å². The first-order valence-electron chi connectivity index (χ1n) is 8.39. The van der Waals surface area contributed by atoms with E-state index < -0.39 is 6.10 Å². The second kappa shape index (κ2) is 7.50. The lowest BCUT2D eigenvalue weighted by molar-refractivity contribution is 0.182. The van der Waals surface area contributed by atoms with Crippen molar-refractivity contribution in [1.82, 2.24) is 9.97 Å². The van der Waals surface area contributed by atoms with Gasteiger partial charge in [-0.15, -0.1) is 22.7 Å². The average Bonchev–Trinajstić information content (AvgIpc) is 3.33. The van der Waals surface area contributed by atoms with Crippen LogP contribution in [-0.2, 0) is 6.42 Å². The van der Waals surface area contributed by atoms with Crippen LogP contribution in [0, 0.1) is 6.92 Å². The maximum Gasteiger partial charge on any atom is 0.0922 e. The lowest BCUT2D eigenvalue weighted by Crippen LogP contribution is -2.00. The van der Waals surface area contributed by atoms with Crippen LogP contribution in [0.1, 0.15) is 22.1 Å². The normalized spacial score (nSPS) is 12.2. The van der Waals surface area contributed by atoms with Gasteiger partial charge in [0.15, 0.2) is 0 Å². The highest BCUT2D eigenvalue weighted by Crippen LogP contribution is 2.35. The van der Waals surface area contributed by atoms with Crippen molar-refractivity contribution in [1.29, 1.82) is 0 Å². The fourth-order valence-corrected chi connectivity index (χ4v) is 4.65. The summed E-state index contributed by atoms with van der Waals surface area (Å²) in [5, 5.41) is 12.7. The minimum absolute atomic E-state index is 0.519. The predicted octanol–water partition coefficient (Wildman–Crippen LogP) is 5.52. The van der Waals surface area contributed by atoms with E-state index in [9.17, 15) is 5.11 Å². The quantitative estimate of drug-likeness (QED) is 0.497. The molecule has 4 rings (SSSR count). The third kappa shape index (κ3) is 3.75. The van der Waals surface area contributed by atoms with E-state index in [0.717, 1.165) is 27.4 Å². The van der Waals surface area contributed by atoms with Gasteiger partial charge >= 0.3 is 0 Å². The van der Waals surface area contributed by atoms with Gasteiger partial charge in [-0.3, -0.25) is 9.97 Å². The number of aromatic nitrogens is 2. The molecule has 0 aliphatic rings. The Labute approximate surface area is 160 Å². The molecule has 3 nitrogen and oxygen atoms in total. The summed E-state index contributed by atoms with van der Waals surface area (Å²) in [5.41, 5.74) is 3.90. The number of thiophene rings is 2. The molecule has 4 aromatic rings. The molecule has 26 heavy (non-hydrogen) atoms. The van der Waals surface area contributed by atoms with Crippen LogP contribution in [0.5, 0.6) is 0 Å². The van der Waals surface area contributed by atoms with Gasteiger partial charge in [0.2, 0.25) is 0 Å². The van der Waals surface area contributed by atoms with Crippen LogP contribution in [0.4, 0.5) is 0 Å². The highest BCUT2D eigenvalue weighted by atomic mass is 32.1. The first kappa shape index (κ1) is 17.1. The zero-order valence-corrected chi connectivity index (χ0v) is 15.9. The summed E-state index contributed by atoms with van der Waals surface area (Å²) >= 11 is 3.37. The zero-order chi connectivity index (χ0) is 17.9. The molecule has 4 aromatic heterocycles.